The minimum Gasteiger partial charge on any atom is -0.465 e. The molecule has 3 rings (SSSR count). The molecule has 0 unspecified atom stereocenters. The molecule has 7 heteroatoms. The van der Waals surface area contributed by atoms with Gasteiger partial charge in [0, 0.05) is 27.6 Å². The molecule has 0 N–H and O–H groups in total. The Hall–Kier alpha value is -3.19. The van der Waals surface area contributed by atoms with Gasteiger partial charge in [-0.2, -0.15) is 0 Å². The van der Waals surface area contributed by atoms with E-state index < -0.39 is 17.6 Å². The number of halogens is 1. The van der Waals surface area contributed by atoms with E-state index in [0.29, 0.717) is 22.1 Å². The van der Waals surface area contributed by atoms with E-state index in [1.165, 1.54) is 19.3 Å². The van der Waals surface area contributed by atoms with Crippen LogP contribution >= 0.6 is 15.9 Å². The van der Waals surface area contributed by atoms with Crippen LogP contribution in [0.15, 0.2) is 68.3 Å². The van der Waals surface area contributed by atoms with Crippen molar-refractivity contribution in [2.75, 3.05) is 7.11 Å². The van der Waals surface area contributed by atoms with E-state index in [0.717, 1.165) is 10.0 Å². The maximum Gasteiger partial charge on any atom is 0.337 e. The zero-order valence-corrected chi connectivity index (χ0v) is 16.4. The van der Waals surface area contributed by atoms with E-state index in [4.69, 9.17) is 9.15 Å². The van der Waals surface area contributed by atoms with Gasteiger partial charge in [-0.25, -0.2) is 14.4 Å². The number of benzene rings is 2. The van der Waals surface area contributed by atoms with Crippen LogP contribution < -0.4 is 5.63 Å². The van der Waals surface area contributed by atoms with Crippen molar-refractivity contribution in [3.63, 3.8) is 0 Å². The van der Waals surface area contributed by atoms with Crippen molar-refractivity contribution in [2.24, 2.45) is 0 Å². The number of hydrogen-bond donors (Lipinski definition) is 0. The first-order chi connectivity index (χ1) is 13.5. The first-order valence-electron chi connectivity index (χ1n) is 8.22. The third-order valence-electron chi connectivity index (χ3n) is 3.91. The molecule has 2 aromatic carbocycles. The predicted octanol–water partition coefficient (Wildman–Crippen LogP) is 4.10. The third kappa shape index (κ3) is 4.75. The molecular weight excluding hydrogens is 428 g/mol. The van der Waals surface area contributed by atoms with Gasteiger partial charge in [0.05, 0.1) is 12.7 Å². The smallest absolute Gasteiger partial charge is 0.337 e. The van der Waals surface area contributed by atoms with Crippen LogP contribution in [0.2, 0.25) is 0 Å². The standard InChI is InChI=1S/C21H15BrO6/c1-26-21(25)14-5-2-13(3-6-14)4-9-19(23)27-12-15-10-20(24)28-18-11-16(22)7-8-17(15)18/h2-11H,12H2,1H3/b9-4+. The quantitative estimate of drug-likeness (QED) is 0.336. The highest BCUT2D eigenvalue weighted by Crippen LogP contribution is 2.22. The number of esters is 2. The third-order valence-corrected chi connectivity index (χ3v) is 4.40. The summed E-state index contributed by atoms with van der Waals surface area (Å²) in [6, 6.07) is 13.1. The molecule has 0 bridgehead atoms. The molecule has 1 heterocycles. The molecule has 0 saturated heterocycles. The molecule has 0 atom stereocenters. The Balaban J connectivity index is 1.67. The van der Waals surface area contributed by atoms with Crippen molar-refractivity contribution in [2.45, 2.75) is 6.61 Å². The molecule has 1 aromatic heterocycles. The van der Waals surface area contributed by atoms with Gasteiger partial charge in [0.1, 0.15) is 12.2 Å². The highest BCUT2D eigenvalue weighted by molar-refractivity contribution is 9.10. The van der Waals surface area contributed by atoms with Gasteiger partial charge in [-0.3, -0.25) is 0 Å². The van der Waals surface area contributed by atoms with Crippen LogP contribution in [0.1, 0.15) is 21.5 Å². The summed E-state index contributed by atoms with van der Waals surface area (Å²) in [5, 5.41) is 0.693. The molecule has 0 radical (unpaired) electrons. The summed E-state index contributed by atoms with van der Waals surface area (Å²) in [6.07, 6.45) is 2.84. The van der Waals surface area contributed by atoms with E-state index in [1.807, 2.05) is 6.07 Å². The summed E-state index contributed by atoms with van der Waals surface area (Å²) in [6.45, 7) is -0.0613. The summed E-state index contributed by atoms with van der Waals surface area (Å²) in [5.41, 5.74) is 1.60. The van der Waals surface area contributed by atoms with Crippen LogP contribution in [-0.4, -0.2) is 19.0 Å². The lowest BCUT2D eigenvalue weighted by Crippen LogP contribution is -2.05. The fourth-order valence-electron chi connectivity index (χ4n) is 2.53. The molecule has 0 fully saturated rings. The van der Waals surface area contributed by atoms with Crippen LogP contribution in [0.25, 0.3) is 17.0 Å². The van der Waals surface area contributed by atoms with Gasteiger partial charge >= 0.3 is 17.6 Å². The van der Waals surface area contributed by atoms with Crippen molar-refractivity contribution < 1.29 is 23.5 Å². The minimum absolute atomic E-state index is 0.0613. The summed E-state index contributed by atoms with van der Waals surface area (Å²) < 4.78 is 15.8. The Bertz CT molecular complexity index is 1110. The first kappa shape index (κ1) is 19.6. The number of fused-ring (bicyclic) bond motifs is 1. The van der Waals surface area contributed by atoms with Crippen LogP contribution in [-0.2, 0) is 20.9 Å². The number of hydrogen-bond acceptors (Lipinski definition) is 6. The summed E-state index contributed by atoms with van der Waals surface area (Å²) in [5.74, 6) is -0.989. The molecule has 142 valence electrons. The normalized spacial score (nSPS) is 10.9. The number of rotatable bonds is 5. The van der Waals surface area contributed by atoms with E-state index in [1.54, 1.807) is 42.5 Å². The van der Waals surface area contributed by atoms with Gasteiger partial charge in [0.25, 0.3) is 0 Å². The minimum atomic E-state index is -0.560. The lowest BCUT2D eigenvalue weighted by molar-refractivity contribution is -0.138. The topological polar surface area (TPSA) is 82.8 Å². The van der Waals surface area contributed by atoms with Crippen molar-refractivity contribution in [3.8, 4) is 0 Å². The highest BCUT2D eigenvalue weighted by atomic mass is 79.9. The fraction of sp³-hybridized carbons (Fsp3) is 0.0952. The first-order valence-corrected chi connectivity index (χ1v) is 9.01. The van der Waals surface area contributed by atoms with Crippen LogP contribution in [0, 0.1) is 0 Å². The molecule has 0 saturated carbocycles. The van der Waals surface area contributed by atoms with Crippen LogP contribution in [0.5, 0.6) is 0 Å². The van der Waals surface area contributed by atoms with Crippen molar-refractivity contribution >= 4 is 44.9 Å². The fourth-order valence-corrected chi connectivity index (χ4v) is 2.87. The van der Waals surface area contributed by atoms with Gasteiger partial charge < -0.3 is 13.9 Å². The molecule has 0 aliphatic rings. The number of carbonyl (C=O) groups excluding carboxylic acids is 2. The molecule has 3 aromatic rings. The van der Waals surface area contributed by atoms with Gasteiger partial charge in [0.15, 0.2) is 0 Å². The van der Waals surface area contributed by atoms with Gasteiger partial charge in [-0.05, 0) is 42.0 Å². The second-order valence-corrected chi connectivity index (χ2v) is 6.70. The average molecular weight is 443 g/mol. The maximum absolute atomic E-state index is 12.0. The van der Waals surface area contributed by atoms with E-state index in [-0.39, 0.29) is 6.61 Å². The summed E-state index contributed by atoms with van der Waals surface area (Å²) in [4.78, 5) is 35.1. The maximum atomic E-state index is 12.0. The van der Waals surface area contributed by atoms with Crippen molar-refractivity contribution in [1.29, 1.82) is 0 Å². The zero-order chi connectivity index (χ0) is 20.1. The average Bonchev–Trinajstić information content (AvgIpc) is 2.69. The van der Waals surface area contributed by atoms with Crippen molar-refractivity contribution in [3.05, 3.63) is 86.2 Å². The van der Waals surface area contributed by atoms with Gasteiger partial charge in [-0.15, -0.1) is 0 Å². The second kappa shape index (κ2) is 8.67. The Kier molecular flexibility index (Phi) is 6.06. The Morgan fingerprint density at radius 1 is 1.11 bits per heavy atom. The predicted molar refractivity (Wildman–Crippen MR) is 107 cm³/mol. The lowest BCUT2D eigenvalue weighted by atomic mass is 10.1. The molecule has 0 spiro atoms. The Morgan fingerprint density at radius 2 is 1.86 bits per heavy atom. The summed E-state index contributed by atoms with van der Waals surface area (Å²) in [7, 11) is 1.31. The van der Waals surface area contributed by atoms with Crippen LogP contribution in [0.3, 0.4) is 0 Å². The number of methoxy groups -OCH3 is 1. The molecule has 0 amide bonds. The van der Waals surface area contributed by atoms with E-state index in [9.17, 15) is 14.4 Å². The van der Waals surface area contributed by atoms with E-state index >= 15 is 0 Å². The second-order valence-electron chi connectivity index (χ2n) is 5.79. The number of carbonyl (C=O) groups is 2. The van der Waals surface area contributed by atoms with Crippen molar-refractivity contribution in [1.82, 2.24) is 0 Å². The largest absolute Gasteiger partial charge is 0.465 e. The van der Waals surface area contributed by atoms with Crippen LogP contribution in [0.4, 0.5) is 0 Å². The number of ether oxygens (including phenoxy) is 2. The lowest BCUT2D eigenvalue weighted by Gasteiger charge is -2.06. The molecule has 28 heavy (non-hydrogen) atoms. The van der Waals surface area contributed by atoms with E-state index in [2.05, 4.69) is 20.7 Å². The zero-order valence-electron chi connectivity index (χ0n) is 14.8. The molecule has 0 aliphatic carbocycles. The SMILES string of the molecule is COC(=O)c1ccc(/C=C/C(=O)OCc2cc(=O)oc3cc(Br)ccc23)cc1. The summed E-state index contributed by atoms with van der Waals surface area (Å²) >= 11 is 3.32. The molecule has 6 nitrogen and oxygen atoms in total. The highest BCUT2D eigenvalue weighted by Gasteiger charge is 2.08. The molecular formula is C21H15BrO6. The monoisotopic (exact) mass is 442 g/mol. The van der Waals surface area contributed by atoms with Gasteiger partial charge in [0.2, 0.25) is 0 Å². The molecule has 0 aliphatic heterocycles. The van der Waals surface area contributed by atoms with Gasteiger partial charge in [-0.1, -0.05) is 28.1 Å². The Labute approximate surface area is 168 Å². The Morgan fingerprint density at radius 3 is 2.57 bits per heavy atom.